The molecule has 0 N–H and O–H groups in total. The zero-order valence-corrected chi connectivity index (χ0v) is 14.4. The number of carbonyl (C=O) groups is 1. The van der Waals surface area contributed by atoms with Crippen LogP contribution in [0.4, 0.5) is 0 Å². The maximum atomic E-state index is 12.0. The van der Waals surface area contributed by atoms with Gasteiger partial charge in [0.1, 0.15) is 0 Å². The fourth-order valence-corrected chi connectivity index (χ4v) is 4.05. The molecule has 0 bridgehead atoms. The zero-order valence-electron chi connectivity index (χ0n) is 14.4. The molecule has 126 valence electrons. The molecule has 0 heterocycles. The van der Waals surface area contributed by atoms with Gasteiger partial charge in [-0.1, -0.05) is 60.7 Å². The fraction of sp³-hybridized carbons (Fsp3) is 0.409. The van der Waals surface area contributed by atoms with Crippen molar-refractivity contribution >= 4 is 5.97 Å². The fourth-order valence-electron chi connectivity index (χ4n) is 4.05. The summed E-state index contributed by atoms with van der Waals surface area (Å²) in [5.41, 5.74) is 2.78. The molecule has 0 amide bonds. The number of esters is 1. The van der Waals surface area contributed by atoms with Crippen LogP contribution in [0.5, 0.6) is 0 Å². The molecule has 2 aromatic rings. The van der Waals surface area contributed by atoms with Crippen LogP contribution in [0.3, 0.4) is 0 Å². The zero-order chi connectivity index (χ0) is 16.8. The molecular formula is C22H26O2. The Bertz CT molecular complexity index is 636. The molecule has 2 heteroatoms. The van der Waals surface area contributed by atoms with E-state index in [4.69, 9.17) is 4.74 Å². The van der Waals surface area contributed by atoms with Crippen molar-refractivity contribution in [2.45, 2.75) is 44.4 Å². The van der Waals surface area contributed by atoms with Gasteiger partial charge in [-0.05, 0) is 55.1 Å². The van der Waals surface area contributed by atoms with Gasteiger partial charge in [0.2, 0.25) is 0 Å². The first-order valence-corrected chi connectivity index (χ1v) is 9.03. The second kappa shape index (κ2) is 8.14. The minimum Gasteiger partial charge on any atom is -0.466 e. The first kappa shape index (κ1) is 16.8. The first-order valence-electron chi connectivity index (χ1n) is 9.03. The maximum absolute atomic E-state index is 12.0. The van der Waals surface area contributed by atoms with Crippen LogP contribution in [0.15, 0.2) is 60.7 Å². The van der Waals surface area contributed by atoms with E-state index < -0.39 is 0 Å². The minimum atomic E-state index is -0.0541. The van der Waals surface area contributed by atoms with Gasteiger partial charge in [0.15, 0.2) is 0 Å². The molecular weight excluding hydrogens is 296 g/mol. The molecule has 0 saturated heterocycles. The second-order valence-electron chi connectivity index (χ2n) is 6.71. The number of ether oxygens (including phenoxy) is 1. The monoisotopic (exact) mass is 322 g/mol. The molecule has 1 saturated carbocycles. The first-order chi connectivity index (χ1) is 11.8. The molecule has 3 atom stereocenters. The maximum Gasteiger partial charge on any atom is 0.306 e. The van der Waals surface area contributed by atoms with Crippen LogP contribution in [0.1, 0.15) is 55.6 Å². The SMILES string of the molecule is CCOC(=O)CC1CCC(c2ccccc2)CC1c1ccccc1. The summed E-state index contributed by atoms with van der Waals surface area (Å²) >= 11 is 0. The Hall–Kier alpha value is -2.09. The third-order valence-electron chi connectivity index (χ3n) is 5.23. The van der Waals surface area contributed by atoms with Crippen molar-refractivity contribution in [3.8, 4) is 0 Å². The molecule has 0 spiro atoms. The van der Waals surface area contributed by atoms with Gasteiger partial charge >= 0.3 is 5.97 Å². The van der Waals surface area contributed by atoms with Gasteiger partial charge in [-0.15, -0.1) is 0 Å². The normalized spacial score (nSPS) is 23.6. The number of rotatable bonds is 5. The van der Waals surface area contributed by atoms with Gasteiger partial charge in [-0.3, -0.25) is 4.79 Å². The van der Waals surface area contributed by atoms with Crippen LogP contribution >= 0.6 is 0 Å². The number of benzene rings is 2. The van der Waals surface area contributed by atoms with E-state index in [1.807, 2.05) is 6.92 Å². The van der Waals surface area contributed by atoms with Gasteiger partial charge in [0, 0.05) is 6.42 Å². The predicted molar refractivity (Wildman–Crippen MR) is 97.0 cm³/mol. The van der Waals surface area contributed by atoms with Gasteiger partial charge in [-0.2, -0.15) is 0 Å². The lowest BCUT2D eigenvalue weighted by Gasteiger charge is -2.36. The highest BCUT2D eigenvalue weighted by Crippen LogP contribution is 2.46. The van der Waals surface area contributed by atoms with Crippen LogP contribution in [-0.4, -0.2) is 12.6 Å². The lowest BCUT2D eigenvalue weighted by Crippen LogP contribution is -2.25. The average molecular weight is 322 g/mol. The highest BCUT2D eigenvalue weighted by molar-refractivity contribution is 5.69. The van der Waals surface area contributed by atoms with Gasteiger partial charge in [0.05, 0.1) is 6.61 Å². The van der Waals surface area contributed by atoms with E-state index in [1.165, 1.54) is 11.1 Å². The molecule has 0 aromatic heterocycles. The predicted octanol–water partition coefficient (Wildman–Crippen LogP) is 5.31. The molecule has 0 radical (unpaired) electrons. The Labute approximate surface area is 144 Å². The summed E-state index contributed by atoms with van der Waals surface area (Å²) in [5.74, 6) is 1.33. The summed E-state index contributed by atoms with van der Waals surface area (Å²) in [6.45, 7) is 2.34. The van der Waals surface area contributed by atoms with Crippen molar-refractivity contribution in [2.75, 3.05) is 6.61 Å². The van der Waals surface area contributed by atoms with Crippen LogP contribution in [0.2, 0.25) is 0 Å². The molecule has 0 aliphatic heterocycles. The molecule has 2 nitrogen and oxygen atoms in total. The van der Waals surface area contributed by atoms with Gasteiger partial charge < -0.3 is 4.74 Å². The Balaban J connectivity index is 1.79. The summed E-state index contributed by atoms with van der Waals surface area (Å²) in [5, 5.41) is 0. The Morgan fingerprint density at radius 2 is 1.58 bits per heavy atom. The van der Waals surface area contributed by atoms with Gasteiger partial charge in [-0.25, -0.2) is 0 Å². The minimum absolute atomic E-state index is 0.0541. The van der Waals surface area contributed by atoms with Crippen molar-refractivity contribution in [3.05, 3.63) is 71.8 Å². The number of hydrogen-bond acceptors (Lipinski definition) is 2. The van der Waals surface area contributed by atoms with Crippen molar-refractivity contribution < 1.29 is 9.53 Å². The molecule has 1 aliphatic rings. The molecule has 2 aromatic carbocycles. The van der Waals surface area contributed by atoms with E-state index in [2.05, 4.69) is 60.7 Å². The van der Waals surface area contributed by atoms with Crippen LogP contribution in [0, 0.1) is 5.92 Å². The topological polar surface area (TPSA) is 26.3 Å². The van der Waals surface area contributed by atoms with Crippen molar-refractivity contribution in [1.29, 1.82) is 0 Å². The van der Waals surface area contributed by atoms with E-state index in [-0.39, 0.29) is 5.97 Å². The summed E-state index contributed by atoms with van der Waals surface area (Å²) < 4.78 is 5.20. The van der Waals surface area contributed by atoms with Crippen molar-refractivity contribution in [3.63, 3.8) is 0 Å². The van der Waals surface area contributed by atoms with Crippen LogP contribution < -0.4 is 0 Å². The molecule has 24 heavy (non-hydrogen) atoms. The van der Waals surface area contributed by atoms with Crippen molar-refractivity contribution in [2.24, 2.45) is 5.92 Å². The largest absolute Gasteiger partial charge is 0.466 e. The lowest BCUT2D eigenvalue weighted by atomic mass is 9.68. The Morgan fingerprint density at radius 3 is 2.21 bits per heavy atom. The van der Waals surface area contributed by atoms with Crippen molar-refractivity contribution in [1.82, 2.24) is 0 Å². The third-order valence-corrected chi connectivity index (χ3v) is 5.23. The van der Waals surface area contributed by atoms with E-state index >= 15 is 0 Å². The Kier molecular flexibility index (Phi) is 5.68. The number of carbonyl (C=O) groups excluding carboxylic acids is 1. The smallest absolute Gasteiger partial charge is 0.306 e. The molecule has 1 aliphatic carbocycles. The van der Waals surface area contributed by atoms with E-state index in [1.54, 1.807) is 0 Å². The standard InChI is InChI=1S/C22H26O2/c1-2-24-22(23)16-20-14-13-19(17-9-5-3-6-10-17)15-21(20)18-11-7-4-8-12-18/h3-12,19-21H,2,13-16H2,1H3. The summed E-state index contributed by atoms with van der Waals surface area (Å²) in [6.07, 6.45) is 3.88. The average Bonchev–Trinajstić information content (AvgIpc) is 2.64. The highest BCUT2D eigenvalue weighted by Gasteiger charge is 2.33. The number of hydrogen-bond donors (Lipinski definition) is 0. The molecule has 1 fully saturated rings. The summed E-state index contributed by atoms with van der Waals surface area (Å²) in [7, 11) is 0. The van der Waals surface area contributed by atoms with E-state index in [0.717, 1.165) is 19.3 Å². The quantitative estimate of drug-likeness (QED) is 0.698. The molecule has 3 rings (SSSR count). The molecule has 3 unspecified atom stereocenters. The van der Waals surface area contributed by atoms with E-state index in [0.29, 0.717) is 30.8 Å². The van der Waals surface area contributed by atoms with E-state index in [9.17, 15) is 4.79 Å². The summed E-state index contributed by atoms with van der Waals surface area (Å²) in [6, 6.07) is 21.5. The lowest BCUT2D eigenvalue weighted by molar-refractivity contribution is -0.144. The van der Waals surface area contributed by atoms with Crippen LogP contribution in [-0.2, 0) is 9.53 Å². The highest BCUT2D eigenvalue weighted by atomic mass is 16.5. The summed E-state index contributed by atoms with van der Waals surface area (Å²) in [4.78, 5) is 12.0. The van der Waals surface area contributed by atoms with Gasteiger partial charge in [0.25, 0.3) is 0 Å². The second-order valence-corrected chi connectivity index (χ2v) is 6.71. The third kappa shape index (κ3) is 4.05. The van der Waals surface area contributed by atoms with Crippen LogP contribution in [0.25, 0.3) is 0 Å². The Morgan fingerprint density at radius 1 is 0.958 bits per heavy atom.